The van der Waals surface area contributed by atoms with Crippen LogP contribution in [-0.4, -0.2) is 5.11 Å². The van der Waals surface area contributed by atoms with E-state index in [1.807, 2.05) is 6.92 Å². The molecule has 0 amide bonds. The first-order valence-electron chi connectivity index (χ1n) is 8.96. The molecule has 1 N–H and O–H groups in total. The number of ether oxygens (including phenoxy) is 1. The summed E-state index contributed by atoms with van der Waals surface area (Å²) in [6, 6.07) is 8.78. The molecular formula is C22H16F6O2. The van der Waals surface area contributed by atoms with E-state index in [-0.39, 0.29) is 17.7 Å². The maximum atomic E-state index is 14.4. The quantitative estimate of drug-likeness (QED) is 0.445. The molecule has 3 aromatic carbocycles. The molecule has 0 radical (unpaired) electrons. The smallest absolute Gasteiger partial charge is 0.432 e. The van der Waals surface area contributed by atoms with Gasteiger partial charge in [0.15, 0.2) is 17.4 Å². The van der Waals surface area contributed by atoms with Crippen molar-refractivity contribution in [3.63, 3.8) is 0 Å². The maximum absolute atomic E-state index is 14.4. The molecule has 0 aliphatic carbocycles. The number of phenolic OH excluding ortho intramolecular Hbond substituents is 1. The minimum Gasteiger partial charge on any atom is -0.503 e. The molecule has 3 rings (SSSR count). The van der Waals surface area contributed by atoms with Gasteiger partial charge in [-0.15, -0.1) is 0 Å². The van der Waals surface area contributed by atoms with Crippen LogP contribution in [0, 0.1) is 23.3 Å². The van der Waals surface area contributed by atoms with Crippen molar-refractivity contribution >= 4 is 0 Å². The highest BCUT2D eigenvalue weighted by Gasteiger charge is 2.41. The van der Waals surface area contributed by atoms with Crippen molar-refractivity contribution in [3.8, 4) is 22.6 Å². The van der Waals surface area contributed by atoms with Crippen LogP contribution in [0.5, 0.6) is 11.5 Å². The number of hydrogen-bond acceptors (Lipinski definition) is 2. The van der Waals surface area contributed by atoms with E-state index >= 15 is 0 Å². The van der Waals surface area contributed by atoms with Crippen molar-refractivity contribution in [2.24, 2.45) is 0 Å². The number of aryl methyl sites for hydroxylation is 1. The molecular weight excluding hydrogens is 410 g/mol. The van der Waals surface area contributed by atoms with Crippen molar-refractivity contribution in [1.29, 1.82) is 0 Å². The van der Waals surface area contributed by atoms with Crippen LogP contribution in [0.15, 0.2) is 48.5 Å². The van der Waals surface area contributed by atoms with Gasteiger partial charge < -0.3 is 9.84 Å². The first-order valence-corrected chi connectivity index (χ1v) is 8.96. The zero-order chi connectivity index (χ0) is 22.1. The first kappa shape index (κ1) is 21.5. The summed E-state index contributed by atoms with van der Waals surface area (Å²) in [5.74, 6) is -8.76. The normalized spacial score (nSPS) is 11.6. The highest BCUT2D eigenvalue weighted by molar-refractivity contribution is 5.64. The summed E-state index contributed by atoms with van der Waals surface area (Å²) in [6.07, 6.45) is -2.83. The third-order valence-corrected chi connectivity index (χ3v) is 4.40. The van der Waals surface area contributed by atoms with E-state index in [1.54, 1.807) is 24.3 Å². The van der Waals surface area contributed by atoms with E-state index in [0.29, 0.717) is 5.56 Å². The molecule has 0 heterocycles. The minimum absolute atomic E-state index is 0.0364. The van der Waals surface area contributed by atoms with Crippen molar-refractivity contribution in [2.45, 2.75) is 25.9 Å². The van der Waals surface area contributed by atoms with E-state index in [2.05, 4.69) is 4.74 Å². The van der Waals surface area contributed by atoms with Gasteiger partial charge in [-0.05, 0) is 35.2 Å². The summed E-state index contributed by atoms with van der Waals surface area (Å²) in [5.41, 5.74) is -0.227. The first-order chi connectivity index (χ1) is 14.1. The highest BCUT2D eigenvalue weighted by Crippen LogP contribution is 2.38. The van der Waals surface area contributed by atoms with Gasteiger partial charge in [-0.2, -0.15) is 8.78 Å². The fraction of sp³-hybridized carbons (Fsp3) is 0.182. The lowest BCUT2D eigenvalue weighted by atomic mass is 10.00. The number of benzene rings is 3. The number of alkyl halides is 2. The fourth-order valence-electron chi connectivity index (χ4n) is 2.97. The zero-order valence-corrected chi connectivity index (χ0v) is 15.7. The van der Waals surface area contributed by atoms with Gasteiger partial charge in [-0.1, -0.05) is 37.6 Å². The lowest BCUT2D eigenvalue weighted by Gasteiger charge is -2.20. The second-order valence-corrected chi connectivity index (χ2v) is 6.62. The van der Waals surface area contributed by atoms with Crippen molar-refractivity contribution < 1.29 is 36.2 Å². The molecule has 0 unspecified atom stereocenters. The molecule has 0 aromatic heterocycles. The zero-order valence-electron chi connectivity index (χ0n) is 15.7. The van der Waals surface area contributed by atoms with Gasteiger partial charge in [-0.25, -0.2) is 17.6 Å². The molecule has 0 fully saturated rings. The molecule has 8 heteroatoms. The second-order valence-electron chi connectivity index (χ2n) is 6.62. The second kappa shape index (κ2) is 8.30. The van der Waals surface area contributed by atoms with Crippen molar-refractivity contribution in [1.82, 2.24) is 0 Å². The van der Waals surface area contributed by atoms with Crippen LogP contribution in [0.25, 0.3) is 11.1 Å². The predicted molar refractivity (Wildman–Crippen MR) is 98.3 cm³/mol. The molecule has 30 heavy (non-hydrogen) atoms. The molecule has 158 valence electrons. The molecule has 0 aliphatic heterocycles. The maximum Gasteiger partial charge on any atom is 0.432 e. The third-order valence-electron chi connectivity index (χ3n) is 4.40. The average molecular weight is 426 g/mol. The largest absolute Gasteiger partial charge is 0.503 e. The SMILES string of the molecule is CCCc1ccc(-c2cc(F)c(C(F)(F)Oc3cc(F)c(O)c(F)c3)c(F)c2)cc1. The number of aromatic hydroxyl groups is 1. The van der Waals surface area contributed by atoms with E-state index < -0.39 is 46.4 Å². The van der Waals surface area contributed by atoms with Crippen LogP contribution in [0.2, 0.25) is 0 Å². The molecule has 0 saturated heterocycles. The molecule has 2 nitrogen and oxygen atoms in total. The Morgan fingerprint density at radius 2 is 1.33 bits per heavy atom. The average Bonchev–Trinajstić information content (AvgIpc) is 2.65. The summed E-state index contributed by atoms with van der Waals surface area (Å²) >= 11 is 0. The number of halogens is 6. The Kier molecular flexibility index (Phi) is 5.96. The topological polar surface area (TPSA) is 29.5 Å². The van der Waals surface area contributed by atoms with E-state index in [9.17, 15) is 26.3 Å². The predicted octanol–water partition coefficient (Wildman–Crippen LogP) is 6.70. The lowest BCUT2D eigenvalue weighted by molar-refractivity contribution is -0.189. The Labute approximate surface area is 168 Å². The van der Waals surface area contributed by atoms with Gasteiger partial charge in [0, 0.05) is 12.1 Å². The van der Waals surface area contributed by atoms with Gasteiger partial charge in [-0.3, -0.25) is 0 Å². The minimum atomic E-state index is -4.58. The van der Waals surface area contributed by atoms with Gasteiger partial charge in [0.25, 0.3) is 0 Å². The third kappa shape index (κ3) is 4.37. The number of rotatable bonds is 6. The van der Waals surface area contributed by atoms with Crippen LogP contribution < -0.4 is 4.74 Å². The van der Waals surface area contributed by atoms with Crippen LogP contribution >= 0.6 is 0 Å². The van der Waals surface area contributed by atoms with Crippen LogP contribution in [0.4, 0.5) is 26.3 Å². The molecule has 0 spiro atoms. The summed E-state index contributed by atoms with van der Waals surface area (Å²) in [5, 5.41) is 9.01. The Balaban J connectivity index is 1.94. The Hall–Kier alpha value is -3.16. The molecule has 0 saturated carbocycles. The van der Waals surface area contributed by atoms with Gasteiger partial charge in [0.1, 0.15) is 22.9 Å². The standard InChI is InChI=1S/C22H16F6O2/c1-2-3-12-4-6-13(7-5-12)14-8-16(23)20(17(24)9-14)22(27,28)30-15-10-18(25)21(29)19(26)11-15/h4-11,29H,2-3H2,1H3. The Bertz CT molecular complexity index is 1020. The summed E-state index contributed by atoms with van der Waals surface area (Å²) in [4.78, 5) is 0. The van der Waals surface area contributed by atoms with Gasteiger partial charge >= 0.3 is 6.11 Å². The van der Waals surface area contributed by atoms with Crippen LogP contribution in [0.3, 0.4) is 0 Å². The Morgan fingerprint density at radius 3 is 1.83 bits per heavy atom. The lowest BCUT2D eigenvalue weighted by Crippen LogP contribution is -2.25. The van der Waals surface area contributed by atoms with E-state index in [4.69, 9.17) is 5.11 Å². The summed E-state index contributed by atoms with van der Waals surface area (Å²) in [6.45, 7) is 2.00. The fourth-order valence-corrected chi connectivity index (χ4v) is 2.97. The van der Waals surface area contributed by atoms with E-state index in [0.717, 1.165) is 30.5 Å². The van der Waals surface area contributed by atoms with Crippen molar-refractivity contribution in [3.05, 3.63) is 82.9 Å². The van der Waals surface area contributed by atoms with Crippen molar-refractivity contribution in [2.75, 3.05) is 0 Å². The van der Waals surface area contributed by atoms with Crippen LogP contribution in [0.1, 0.15) is 24.5 Å². The molecule has 0 aliphatic rings. The highest BCUT2D eigenvalue weighted by atomic mass is 19.3. The molecule has 0 bridgehead atoms. The number of phenols is 1. The van der Waals surface area contributed by atoms with E-state index in [1.165, 1.54) is 0 Å². The number of hydrogen-bond donors (Lipinski definition) is 1. The summed E-state index contributed by atoms with van der Waals surface area (Å²) in [7, 11) is 0. The van der Waals surface area contributed by atoms with Crippen LogP contribution in [-0.2, 0) is 12.5 Å². The molecule has 3 aromatic rings. The van der Waals surface area contributed by atoms with Gasteiger partial charge in [0.2, 0.25) is 0 Å². The monoisotopic (exact) mass is 426 g/mol. The Morgan fingerprint density at radius 1 is 0.800 bits per heavy atom. The molecule has 0 atom stereocenters. The summed E-state index contributed by atoms with van der Waals surface area (Å²) < 4.78 is 88.4. The van der Waals surface area contributed by atoms with Gasteiger partial charge in [0.05, 0.1) is 0 Å².